The van der Waals surface area contributed by atoms with Crippen LogP contribution < -0.4 is 9.47 Å². The van der Waals surface area contributed by atoms with Crippen LogP contribution in [0.2, 0.25) is 5.02 Å². The standard InChI is InChI=1S/C18H26ClNO5/c1-17(2)11-20(6-5-18(17,3)23)9-12-7-13(19)16(14(8-12)24-4)25-10-15(21)22/h7-8,23H,5-6,9-11H2,1-4H3,(H,21,22)/t18-/m0/s1. The Morgan fingerprint density at radius 2 is 2.04 bits per heavy atom. The smallest absolute Gasteiger partial charge is 0.341 e. The molecule has 0 radical (unpaired) electrons. The summed E-state index contributed by atoms with van der Waals surface area (Å²) in [6, 6.07) is 3.57. The third-order valence-corrected chi connectivity index (χ3v) is 5.31. The van der Waals surface area contributed by atoms with Gasteiger partial charge in [-0.25, -0.2) is 4.79 Å². The van der Waals surface area contributed by atoms with Gasteiger partial charge in [0.1, 0.15) is 0 Å². The molecule has 140 valence electrons. The van der Waals surface area contributed by atoms with Crippen LogP contribution in [0.25, 0.3) is 0 Å². The molecule has 1 aliphatic heterocycles. The van der Waals surface area contributed by atoms with Crippen LogP contribution in [0.15, 0.2) is 12.1 Å². The Morgan fingerprint density at radius 3 is 2.60 bits per heavy atom. The first-order valence-corrected chi connectivity index (χ1v) is 8.59. The fourth-order valence-electron chi connectivity index (χ4n) is 3.05. The van der Waals surface area contributed by atoms with E-state index >= 15 is 0 Å². The number of aliphatic hydroxyl groups is 1. The maximum atomic E-state index is 10.7. The Hall–Kier alpha value is -1.50. The zero-order valence-electron chi connectivity index (χ0n) is 15.1. The van der Waals surface area contributed by atoms with Gasteiger partial charge in [0, 0.05) is 25.0 Å². The molecule has 0 unspecified atom stereocenters. The summed E-state index contributed by atoms with van der Waals surface area (Å²) in [5.74, 6) is -0.436. The summed E-state index contributed by atoms with van der Waals surface area (Å²) in [5.41, 5.74) is 0.0405. The van der Waals surface area contributed by atoms with Crippen LogP contribution in [0.5, 0.6) is 11.5 Å². The number of carboxylic acid groups (broad SMARTS) is 1. The number of halogens is 1. The summed E-state index contributed by atoms with van der Waals surface area (Å²) in [6.45, 7) is 7.74. The van der Waals surface area contributed by atoms with Crippen molar-refractivity contribution < 1.29 is 24.5 Å². The number of hydrogen-bond donors (Lipinski definition) is 2. The number of benzene rings is 1. The molecule has 0 saturated carbocycles. The summed E-state index contributed by atoms with van der Waals surface area (Å²) in [4.78, 5) is 13.0. The van der Waals surface area contributed by atoms with Crippen molar-refractivity contribution >= 4 is 17.6 Å². The Morgan fingerprint density at radius 1 is 1.36 bits per heavy atom. The van der Waals surface area contributed by atoms with Gasteiger partial charge in [-0.1, -0.05) is 25.4 Å². The molecule has 1 atom stereocenters. The monoisotopic (exact) mass is 371 g/mol. The van der Waals surface area contributed by atoms with E-state index in [-0.39, 0.29) is 11.2 Å². The first-order valence-electron chi connectivity index (χ1n) is 8.21. The largest absolute Gasteiger partial charge is 0.493 e. The highest BCUT2D eigenvalue weighted by Gasteiger charge is 2.43. The second-order valence-electron chi connectivity index (χ2n) is 7.41. The second kappa shape index (κ2) is 7.40. The molecule has 1 heterocycles. The van der Waals surface area contributed by atoms with Gasteiger partial charge < -0.3 is 19.7 Å². The Bertz CT molecular complexity index is 645. The SMILES string of the molecule is COc1cc(CN2CC[C@](C)(O)C(C)(C)C2)cc(Cl)c1OCC(=O)O. The molecule has 25 heavy (non-hydrogen) atoms. The predicted octanol–water partition coefficient (Wildman–Crippen LogP) is 2.79. The third-order valence-electron chi connectivity index (χ3n) is 5.03. The first kappa shape index (κ1) is 19.8. The van der Waals surface area contributed by atoms with Gasteiger partial charge in [-0.05, 0) is 31.0 Å². The molecular weight excluding hydrogens is 346 g/mol. The molecule has 1 saturated heterocycles. The molecule has 0 aliphatic carbocycles. The third kappa shape index (κ3) is 4.57. The minimum Gasteiger partial charge on any atom is -0.493 e. The van der Waals surface area contributed by atoms with Gasteiger partial charge in [0.05, 0.1) is 17.7 Å². The lowest BCUT2D eigenvalue weighted by molar-refractivity contribution is -0.139. The maximum absolute atomic E-state index is 10.7. The molecule has 0 bridgehead atoms. The number of aliphatic carboxylic acids is 1. The number of rotatable bonds is 6. The van der Waals surface area contributed by atoms with E-state index in [0.717, 1.165) is 18.7 Å². The second-order valence-corrected chi connectivity index (χ2v) is 7.82. The minimum absolute atomic E-state index is 0.219. The van der Waals surface area contributed by atoms with E-state index in [9.17, 15) is 9.90 Å². The maximum Gasteiger partial charge on any atom is 0.341 e. The fraction of sp³-hybridized carbons (Fsp3) is 0.611. The number of hydrogen-bond acceptors (Lipinski definition) is 5. The number of methoxy groups -OCH3 is 1. The minimum atomic E-state index is -1.08. The van der Waals surface area contributed by atoms with Crippen molar-refractivity contribution in [3.63, 3.8) is 0 Å². The summed E-state index contributed by atoms with van der Waals surface area (Å²) < 4.78 is 10.5. The molecule has 1 fully saturated rings. The molecule has 1 aromatic carbocycles. The Kier molecular flexibility index (Phi) is 5.86. The molecular formula is C18H26ClNO5. The van der Waals surface area contributed by atoms with Crippen LogP contribution in [-0.2, 0) is 11.3 Å². The number of piperidine rings is 1. The zero-order chi connectivity index (χ0) is 18.8. The molecule has 1 aliphatic rings. The lowest BCUT2D eigenvalue weighted by atomic mass is 9.71. The Balaban J connectivity index is 2.15. The van der Waals surface area contributed by atoms with Gasteiger partial charge in [0.2, 0.25) is 0 Å². The van der Waals surface area contributed by atoms with Crippen molar-refractivity contribution in [3.8, 4) is 11.5 Å². The van der Waals surface area contributed by atoms with Gasteiger partial charge in [0.25, 0.3) is 0 Å². The Labute approximate surface area is 153 Å². The lowest BCUT2D eigenvalue weighted by Crippen LogP contribution is -2.55. The summed E-state index contributed by atoms with van der Waals surface area (Å²) in [7, 11) is 1.49. The molecule has 2 N–H and O–H groups in total. The normalized spacial score (nSPS) is 23.3. The molecule has 2 rings (SSSR count). The summed E-state index contributed by atoms with van der Waals surface area (Å²) in [5, 5.41) is 19.6. The molecule has 0 spiro atoms. The van der Waals surface area contributed by atoms with E-state index in [4.69, 9.17) is 26.2 Å². The molecule has 7 heteroatoms. The van der Waals surface area contributed by atoms with Gasteiger partial charge >= 0.3 is 5.97 Å². The number of carboxylic acids is 1. The van der Waals surface area contributed by atoms with E-state index in [0.29, 0.717) is 23.7 Å². The van der Waals surface area contributed by atoms with Crippen molar-refractivity contribution in [3.05, 3.63) is 22.7 Å². The van der Waals surface area contributed by atoms with Crippen molar-refractivity contribution in [1.29, 1.82) is 0 Å². The van der Waals surface area contributed by atoms with Crippen molar-refractivity contribution in [2.24, 2.45) is 5.41 Å². The van der Waals surface area contributed by atoms with Gasteiger partial charge in [0.15, 0.2) is 18.1 Å². The molecule has 6 nitrogen and oxygen atoms in total. The first-order chi connectivity index (χ1) is 11.6. The highest BCUT2D eigenvalue weighted by Crippen LogP contribution is 2.40. The predicted molar refractivity (Wildman–Crippen MR) is 95.4 cm³/mol. The van der Waals surface area contributed by atoms with E-state index in [1.54, 1.807) is 6.07 Å². The van der Waals surface area contributed by atoms with Crippen molar-refractivity contribution in [2.75, 3.05) is 26.8 Å². The van der Waals surface area contributed by atoms with E-state index in [1.807, 2.05) is 13.0 Å². The van der Waals surface area contributed by atoms with Crippen LogP contribution in [0.3, 0.4) is 0 Å². The number of likely N-dealkylation sites (tertiary alicyclic amines) is 1. The van der Waals surface area contributed by atoms with Crippen molar-refractivity contribution in [1.82, 2.24) is 4.90 Å². The highest BCUT2D eigenvalue weighted by molar-refractivity contribution is 6.32. The van der Waals surface area contributed by atoms with E-state index in [2.05, 4.69) is 18.7 Å². The van der Waals surface area contributed by atoms with Crippen LogP contribution in [-0.4, -0.2) is 53.5 Å². The highest BCUT2D eigenvalue weighted by atomic mass is 35.5. The van der Waals surface area contributed by atoms with E-state index < -0.39 is 18.2 Å². The molecule has 1 aromatic rings. The average molecular weight is 372 g/mol. The average Bonchev–Trinajstić information content (AvgIpc) is 2.49. The van der Waals surface area contributed by atoms with Crippen molar-refractivity contribution in [2.45, 2.75) is 39.3 Å². The lowest BCUT2D eigenvalue weighted by Gasteiger charge is -2.48. The van der Waals surface area contributed by atoms with Crippen LogP contribution >= 0.6 is 11.6 Å². The summed E-state index contributed by atoms with van der Waals surface area (Å²) >= 11 is 6.26. The topological polar surface area (TPSA) is 79.2 Å². The number of carbonyl (C=O) groups is 1. The number of nitrogens with zero attached hydrogens (tertiary/aromatic N) is 1. The van der Waals surface area contributed by atoms with Gasteiger partial charge in [-0.2, -0.15) is 0 Å². The van der Waals surface area contributed by atoms with Crippen LogP contribution in [0.4, 0.5) is 0 Å². The quantitative estimate of drug-likeness (QED) is 0.800. The van der Waals surface area contributed by atoms with E-state index in [1.165, 1.54) is 7.11 Å². The number of ether oxygens (including phenoxy) is 2. The van der Waals surface area contributed by atoms with Gasteiger partial charge in [-0.3, -0.25) is 4.90 Å². The zero-order valence-corrected chi connectivity index (χ0v) is 15.9. The van der Waals surface area contributed by atoms with Crippen LogP contribution in [0, 0.1) is 5.41 Å². The van der Waals surface area contributed by atoms with Crippen LogP contribution in [0.1, 0.15) is 32.8 Å². The molecule has 0 aromatic heterocycles. The fourth-order valence-corrected chi connectivity index (χ4v) is 3.34. The molecule has 0 amide bonds. The summed E-state index contributed by atoms with van der Waals surface area (Å²) in [6.07, 6.45) is 0.699. The van der Waals surface area contributed by atoms with Gasteiger partial charge in [-0.15, -0.1) is 0 Å².